The number of rotatable bonds is 2. The summed E-state index contributed by atoms with van der Waals surface area (Å²) in [5.41, 5.74) is 11.9. The third-order valence-electron chi connectivity index (χ3n) is 4.43. The maximum Gasteiger partial charge on any atom is 0.0725 e. The van der Waals surface area contributed by atoms with E-state index in [1.54, 1.807) is 4.88 Å². The largest absolute Gasteiger partial charge is 0.372 e. The van der Waals surface area contributed by atoms with Gasteiger partial charge in [0.1, 0.15) is 0 Å². The maximum absolute atomic E-state index is 6.49. The van der Waals surface area contributed by atoms with Gasteiger partial charge in [-0.1, -0.05) is 18.2 Å². The molecule has 4 rings (SSSR count). The van der Waals surface area contributed by atoms with Crippen LogP contribution in [0.2, 0.25) is 0 Å². The molecule has 2 N–H and O–H groups in total. The van der Waals surface area contributed by atoms with E-state index in [9.17, 15) is 0 Å². The van der Waals surface area contributed by atoms with Gasteiger partial charge in [0.15, 0.2) is 0 Å². The number of ether oxygens (including phenoxy) is 1. The minimum absolute atomic E-state index is 0.0106. The van der Waals surface area contributed by atoms with E-state index < -0.39 is 0 Å². The van der Waals surface area contributed by atoms with Crippen molar-refractivity contribution in [3.63, 3.8) is 0 Å². The average Bonchev–Trinajstić information content (AvgIpc) is 3.11. The van der Waals surface area contributed by atoms with Gasteiger partial charge >= 0.3 is 0 Å². The monoisotopic (exact) mass is 285 g/mol. The molecule has 0 saturated heterocycles. The van der Waals surface area contributed by atoms with Crippen LogP contribution in [0.15, 0.2) is 24.3 Å². The molecule has 2 nitrogen and oxygen atoms in total. The predicted molar refractivity (Wildman–Crippen MR) is 81.9 cm³/mol. The molecule has 1 unspecified atom stereocenters. The molecule has 0 saturated carbocycles. The van der Waals surface area contributed by atoms with Crippen LogP contribution in [0.25, 0.3) is 0 Å². The van der Waals surface area contributed by atoms with E-state index >= 15 is 0 Å². The van der Waals surface area contributed by atoms with Crippen molar-refractivity contribution in [3.8, 4) is 0 Å². The van der Waals surface area contributed by atoms with E-state index in [1.165, 1.54) is 52.8 Å². The van der Waals surface area contributed by atoms with Gasteiger partial charge in [-0.2, -0.15) is 0 Å². The lowest BCUT2D eigenvalue weighted by molar-refractivity contribution is 0.134. The lowest BCUT2D eigenvalue weighted by Gasteiger charge is -2.11. The lowest BCUT2D eigenvalue weighted by Crippen LogP contribution is -2.10. The van der Waals surface area contributed by atoms with Gasteiger partial charge in [-0.3, -0.25) is 0 Å². The van der Waals surface area contributed by atoms with Crippen LogP contribution < -0.4 is 5.73 Å². The molecule has 2 aliphatic rings. The number of benzene rings is 1. The summed E-state index contributed by atoms with van der Waals surface area (Å²) in [6.07, 6.45) is 5.13. The van der Waals surface area contributed by atoms with E-state index in [-0.39, 0.29) is 6.04 Å². The first-order chi connectivity index (χ1) is 9.81. The van der Waals surface area contributed by atoms with Crippen molar-refractivity contribution < 1.29 is 4.74 Å². The third-order valence-corrected chi connectivity index (χ3v) is 5.75. The molecule has 20 heavy (non-hydrogen) atoms. The average molecular weight is 285 g/mol. The molecule has 0 amide bonds. The highest BCUT2D eigenvalue weighted by atomic mass is 32.1. The Kier molecular flexibility index (Phi) is 3.14. The first-order valence-corrected chi connectivity index (χ1v) is 8.19. The Labute approximate surface area is 123 Å². The van der Waals surface area contributed by atoms with E-state index in [0.29, 0.717) is 0 Å². The van der Waals surface area contributed by atoms with Crippen LogP contribution in [0, 0.1) is 0 Å². The highest BCUT2D eigenvalue weighted by Gasteiger charge is 2.19. The van der Waals surface area contributed by atoms with Crippen molar-refractivity contribution in [1.29, 1.82) is 0 Å². The van der Waals surface area contributed by atoms with Gasteiger partial charge in [-0.15, -0.1) is 11.3 Å². The summed E-state index contributed by atoms with van der Waals surface area (Å²) in [5, 5.41) is 0. The number of thiophene rings is 1. The highest BCUT2D eigenvalue weighted by molar-refractivity contribution is 7.12. The quantitative estimate of drug-likeness (QED) is 0.913. The second-order valence-electron chi connectivity index (χ2n) is 5.80. The van der Waals surface area contributed by atoms with E-state index in [4.69, 9.17) is 10.5 Å². The summed E-state index contributed by atoms with van der Waals surface area (Å²) in [6, 6.07) is 8.91. The molecule has 1 aromatic carbocycles. The Hall–Kier alpha value is -1.16. The number of nitrogens with two attached hydrogens (primary N) is 1. The number of hydrogen-bond acceptors (Lipinski definition) is 3. The zero-order chi connectivity index (χ0) is 13.5. The smallest absolute Gasteiger partial charge is 0.0725 e. The van der Waals surface area contributed by atoms with Gasteiger partial charge in [0.2, 0.25) is 0 Å². The SMILES string of the molecule is NC(c1ccc2c(c1)COC2)c1cc2c(s1)CCCC2. The number of aryl methyl sites for hydroxylation is 2. The van der Waals surface area contributed by atoms with Crippen LogP contribution in [-0.2, 0) is 30.8 Å². The van der Waals surface area contributed by atoms with Crippen LogP contribution in [0.4, 0.5) is 0 Å². The first kappa shape index (κ1) is 12.6. The second-order valence-corrected chi connectivity index (χ2v) is 6.97. The van der Waals surface area contributed by atoms with Crippen LogP contribution in [-0.4, -0.2) is 0 Å². The molecule has 1 aromatic heterocycles. The van der Waals surface area contributed by atoms with Crippen LogP contribution in [0.5, 0.6) is 0 Å². The molecule has 1 aliphatic carbocycles. The third kappa shape index (κ3) is 2.10. The van der Waals surface area contributed by atoms with Crippen LogP contribution >= 0.6 is 11.3 Å². The Morgan fingerprint density at radius 2 is 1.85 bits per heavy atom. The van der Waals surface area contributed by atoms with Crippen molar-refractivity contribution in [3.05, 3.63) is 56.3 Å². The summed E-state index contributed by atoms with van der Waals surface area (Å²) in [7, 11) is 0. The molecular formula is C17H19NOS. The standard InChI is InChI=1S/C17H19NOS/c18-17(12-5-6-13-9-19-10-14(13)7-12)16-8-11-3-1-2-4-15(11)20-16/h5-8,17H,1-4,9-10,18H2. The van der Waals surface area contributed by atoms with Crippen molar-refractivity contribution in [1.82, 2.24) is 0 Å². The van der Waals surface area contributed by atoms with Crippen molar-refractivity contribution >= 4 is 11.3 Å². The molecule has 0 bridgehead atoms. The van der Waals surface area contributed by atoms with E-state index in [1.807, 2.05) is 11.3 Å². The first-order valence-electron chi connectivity index (χ1n) is 7.38. The minimum Gasteiger partial charge on any atom is -0.372 e. The molecule has 1 aliphatic heterocycles. The van der Waals surface area contributed by atoms with Gasteiger partial charge in [0.05, 0.1) is 19.3 Å². The summed E-state index contributed by atoms with van der Waals surface area (Å²) < 4.78 is 5.48. The van der Waals surface area contributed by atoms with Gasteiger partial charge in [-0.25, -0.2) is 0 Å². The normalized spacial score (nSPS) is 18.6. The fourth-order valence-corrected chi connectivity index (χ4v) is 4.50. The Morgan fingerprint density at radius 1 is 1.00 bits per heavy atom. The molecule has 0 spiro atoms. The molecule has 1 atom stereocenters. The molecule has 2 aromatic rings. The van der Waals surface area contributed by atoms with Gasteiger partial charge in [0.25, 0.3) is 0 Å². The zero-order valence-corrected chi connectivity index (χ0v) is 12.3. The molecular weight excluding hydrogens is 266 g/mol. The topological polar surface area (TPSA) is 35.2 Å². The number of hydrogen-bond donors (Lipinski definition) is 1. The van der Waals surface area contributed by atoms with Crippen molar-refractivity contribution in [2.45, 2.75) is 44.9 Å². The van der Waals surface area contributed by atoms with Crippen LogP contribution in [0.1, 0.15) is 50.9 Å². The van der Waals surface area contributed by atoms with Gasteiger partial charge in [0, 0.05) is 9.75 Å². The second kappa shape index (κ2) is 4.99. The maximum atomic E-state index is 6.49. The highest BCUT2D eigenvalue weighted by Crippen LogP contribution is 2.35. The summed E-state index contributed by atoms with van der Waals surface area (Å²) in [6.45, 7) is 1.48. The van der Waals surface area contributed by atoms with Crippen molar-refractivity contribution in [2.24, 2.45) is 5.73 Å². The molecule has 0 fully saturated rings. The molecule has 104 valence electrons. The fraction of sp³-hybridized carbons (Fsp3) is 0.412. The zero-order valence-electron chi connectivity index (χ0n) is 11.5. The Bertz CT molecular complexity index is 623. The summed E-state index contributed by atoms with van der Waals surface area (Å²) >= 11 is 1.92. The minimum atomic E-state index is 0.0106. The fourth-order valence-electron chi connectivity index (χ4n) is 3.22. The Balaban J connectivity index is 1.66. The molecule has 2 heterocycles. The lowest BCUT2D eigenvalue weighted by atomic mass is 9.97. The summed E-state index contributed by atoms with van der Waals surface area (Å²) in [4.78, 5) is 2.88. The molecule has 0 radical (unpaired) electrons. The van der Waals surface area contributed by atoms with Crippen LogP contribution in [0.3, 0.4) is 0 Å². The Morgan fingerprint density at radius 3 is 2.75 bits per heavy atom. The van der Waals surface area contributed by atoms with E-state index in [2.05, 4.69) is 24.3 Å². The summed E-state index contributed by atoms with van der Waals surface area (Å²) in [5.74, 6) is 0. The number of fused-ring (bicyclic) bond motifs is 2. The predicted octanol–water partition coefficient (Wildman–Crippen LogP) is 3.71. The van der Waals surface area contributed by atoms with Gasteiger partial charge in [-0.05, 0) is 54.0 Å². The van der Waals surface area contributed by atoms with Gasteiger partial charge < -0.3 is 10.5 Å². The van der Waals surface area contributed by atoms with Crippen molar-refractivity contribution in [2.75, 3.05) is 0 Å². The van der Waals surface area contributed by atoms with E-state index in [0.717, 1.165) is 13.2 Å². The molecule has 3 heteroatoms.